The van der Waals surface area contributed by atoms with Crippen LogP contribution in [0.1, 0.15) is 58.6 Å². The maximum Gasteiger partial charge on any atom is 0.255 e. The van der Waals surface area contributed by atoms with Crippen molar-refractivity contribution in [3.63, 3.8) is 0 Å². The third kappa shape index (κ3) is 5.87. The van der Waals surface area contributed by atoms with Gasteiger partial charge in [0.2, 0.25) is 5.89 Å². The summed E-state index contributed by atoms with van der Waals surface area (Å²) in [4.78, 5) is 28.7. The van der Waals surface area contributed by atoms with Crippen LogP contribution in [0.3, 0.4) is 0 Å². The van der Waals surface area contributed by atoms with Gasteiger partial charge in [0.05, 0.1) is 5.56 Å². The Kier molecular flexibility index (Phi) is 7.14. The molecular weight excluding hydrogens is 422 g/mol. The van der Waals surface area contributed by atoms with Crippen LogP contribution in [0.15, 0.2) is 40.9 Å². The average molecular weight is 444 g/mol. The number of nitrogens with zero attached hydrogens (tertiary/aromatic N) is 2. The summed E-state index contributed by atoms with van der Waals surface area (Å²) in [6.45, 7) is 4.24. The van der Waals surface area contributed by atoms with Gasteiger partial charge in [-0.3, -0.25) is 9.59 Å². The number of halogens is 2. The molecule has 3 N–H and O–H groups in total. The SMILES string of the molecule is CC(C)c1noc(CCCNC(=O)c2ccc(NC(=O)c3cc(F)cc(F)c3)cc2O)n1. The lowest BCUT2D eigenvalue weighted by molar-refractivity contribution is 0.0949. The number of aromatic hydroxyl groups is 1. The first-order chi connectivity index (χ1) is 15.2. The van der Waals surface area contributed by atoms with Gasteiger partial charge in [-0.15, -0.1) is 0 Å². The molecule has 0 radical (unpaired) electrons. The zero-order valence-corrected chi connectivity index (χ0v) is 17.5. The fourth-order valence-electron chi connectivity index (χ4n) is 2.83. The van der Waals surface area contributed by atoms with Crippen LogP contribution in [-0.4, -0.2) is 33.6 Å². The molecule has 0 aliphatic rings. The van der Waals surface area contributed by atoms with Crippen LogP contribution >= 0.6 is 0 Å². The van der Waals surface area contributed by atoms with Gasteiger partial charge >= 0.3 is 0 Å². The Morgan fingerprint density at radius 1 is 1.09 bits per heavy atom. The highest BCUT2D eigenvalue weighted by Crippen LogP contribution is 2.23. The molecule has 0 bridgehead atoms. The van der Waals surface area contributed by atoms with E-state index in [0.717, 1.165) is 12.1 Å². The maximum atomic E-state index is 13.3. The number of hydrogen-bond acceptors (Lipinski definition) is 6. The lowest BCUT2D eigenvalue weighted by atomic mass is 10.1. The number of benzene rings is 2. The van der Waals surface area contributed by atoms with Gasteiger partial charge in [0, 0.05) is 42.3 Å². The van der Waals surface area contributed by atoms with Gasteiger partial charge in [0.25, 0.3) is 11.8 Å². The lowest BCUT2D eigenvalue weighted by Crippen LogP contribution is -2.25. The fraction of sp³-hybridized carbons (Fsp3) is 0.273. The van der Waals surface area contributed by atoms with Crippen molar-refractivity contribution in [3.8, 4) is 5.75 Å². The first-order valence-corrected chi connectivity index (χ1v) is 9.94. The monoisotopic (exact) mass is 444 g/mol. The Balaban J connectivity index is 1.53. The molecule has 0 saturated carbocycles. The molecule has 0 unspecified atom stereocenters. The average Bonchev–Trinajstić information content (AvgIpc) is 3.20. The highest BCUT2D eigenvalue weighted by atomic mass is 19.1. The van der Waals surface area contributed by atoms with E-state index in [9.17, 15) is 23.5 Å². The number of phenols is 1. The number of aromatic nitrogens is 2. The summed E-state index contributed by atoms with van der Waals surface area (Å²) >= 11 is 0. The van der Waals surface area contributed by atoms with E-state index in [2.05, 4.69) is 20.8 Å². The zero-order valence-electron chi connectivity index (χ0n) is 17.5. The Labute approximate surface area is 182 Å². The molecule has 1 aromatic heterocycles. The molecule has 0 fully saturated rings. The van der Waals surface area contributed by atoms with Crippen molar-refractivity contribution < 1.29 is 28.0 Å². The minimum atomic E-state index is -0.885. The lowest BCUT2D eigenvalue weighted by Gasteiger charge is -2.10. The van der Waals surface area contributed by atoms with Crippen LogP contribution in [0.4, 0.5) is 14.5 Å². The van der Waals surface area contributed by atoms with E-state index in [-0.39, 0.29) is 28.5 Å². The Hall–Kier alpha value is -3.82. The minimum absolute atomic E-state index is 0.0136. The topological polar surface area (TPSA) is 117 Å². The first-order valence-electron chi connectivity index (χ1n) is 9.94. The first kappa shape index (κ1) is 22.9. The van der Waals surface area contributed by atoms with E-state index in [1.807, 2.05) is 13.8 Å². The quantitative estimate of drug-likeness (QED) is 0.455. The van der Waals surface area contributed by atoms with Crippen LogP contribution in [0, 0.1) is 11.6 Å². The number of carbonyl (C=O) groups is 2. The largest absolute Gasteiger partial charge is 0.507 e. The molecule has 0 aliphatic heterocycles. The van der Waals surface area contributed by atoms with Crippen LogP contribution in [0.2, 0.25) is 0 Å². The second-order valence-corrected chi connectivity index (χ2v) is 7.40. The van der Waals surface area contributed by atoms with Crippen molar-refractivity contribution in [2.45, 2.75) is 32.6 Å². The number of anilines is 1. The normalized spacial score (nSPS) is 10.9. The van der Waals surface area contributed by atoms with Crippen LogP contribution in [0.5, 0.6) is 5.75 Å². The molecule has 168 valence electrons. The summed E-state index contributed by atoms with van der Waals surface area (Å²) in [5.74, 6) is -2.11. The van der Waals surface area contributed by atoms with Gasteiger partial charge in [-0.2, -0.15) is 4.98 Å². The second kappa shape index (κ2) is 9.99. The predicted molar refractivity (Wildman–Crippen MR) is 111 cm³/mol. The molecule has 32 heavy (non-hydrogen) atoms. The van der Waals surface area contributed by atoms with E-state index < -0.39 is 23.4 Å². The number of carbonyl (C=O) groups excluding carboxylic acids is 2. The summed E-state index contributed by atoms with van der Waals surface area (Å²) in [5.41, 5.74) is -0.0451. The van der Waals surface area contributed by atoms with E-state index >= 15 is 0 Å². The highest BCUT2D eigenvalue weighted by Gasteiger charge is 2.15. The molecule has 0 spiro atoms. The Morgan fingerprint density at radius 2 is 1.81 bits per heavy atom. The maximum absolute atomic E-state index is 13.3. The number of hydrogen-bond donors (Lipinski definition) is 3. The Bertz CT molecular complexity index is 1110. The van der Waals surface area contributed by atoms with E-state index in [0.29, 0.717) is 37.2 Å². The van der Waals surface area contributed by atoms with E-state index in [1.165, 1.54) is 18.2 Å². The van der Waals surface area contributed by atoms with Crippen molar-refractivity contribution in [2.24, 2.45) is 0 Å². The van der Waals surface area contributed by atoms with Crippen LogP contribution in [0.25, 0.3) is 0 Å². The second-order valence-electron chi connectivity index (χ2n) is 7.40. The third-order valence-corrected chi connectivity index (χ3v) is 4.48. The molecule has 2 amide bonds. The standard InChI is InChI=1S/C22H22F2N4O4/c1-12(2)20-27-19(32-28-20)4-3-7-25-22(31)17-6-5-16(11-18(17)29)26-21(30)13-8-14(23)10-15(24)9-13/h5-6,8-12,29H,3-4,7H2,1-2H3,(H,25,31)(H,26,30). The van der Waals surface area contributed by atoms with Crippen molar-refractivity contribution in [2.75, 3.05) is 11.9 Å². The molecule has 0 aliphatic carbocycles. The van der Waals surface area contributed by atoms with Crippen LogP contribution < -0.4 is 10.6 Å². The highest BCUT2D eigenvalue weighted by molar-refractivity contribution is 6.05. The van der Waals surface area contributed by atoms with Gasteiger partial charge in [-0.1, -0.05) is 19.0 Å². The van der Waals surface area contributed by atoms with Gasteiger partial charge in [0.1, 0.15) is 17.4 Å². The van der Waals surface area contributed by atoms with Gasteiger partial charge in [-0.05, 0) is 30.7 Å². The summed E-state index contributed by atoms with van der Waals surface area (Å²) in [5, 5.41) is 19.1. The summed E-state index contributed by atoms with van der Waals surface area (Å²) in [6.07, 6.45) is 1.06. The van der Waals surface area contributed by atoms with E-state index in [1.54, 1.807) is 0 Å². The Morgan fingerprint density at radius 3 is 2.44 bits per heavy atom. The number of nitrogens with one attached hydrogen (secondary N) is 2. The van der Waals surface area contributed by atoms with E-state index in [4.69, 9.17) is 4.52 Å². The summed E-state index contributed by atoms with van der Waals surface area (Å²) in [6, 6.07) is 6.33. The number of amides is 2. The smallest absolute Gasteiger partial charge is 0.255 e. The molecule has 3 rings (SSSR count). The zero-order chi connectivity index (χ0) is 23.3. The molecule has 10 heteroatoms. The van der Waals surface area contributed by atoms with Crippen molar-refractivity contribution in [3.05, 3.63) is 70.9 Å². The molecule has 2 aromatic carbocycles. The summed E-state index contributed by atoms with van der Waals surface area (Å²) in [7, 11) is 0. The van der Waals surface area contributed by atoms with Gasteiger partial charge < -0.3 is 20.3 Å². The number of phenolic OH excluding ortho intramolecular Hbond substituents is 1. The van der Waals surface area contributed by atoms with Gasteiger partial charge in [0.15, 0.2) is 5.82 Å². The third-order valence-electron chi connectivity index (χ3n) is 4.48. The number of aryl methyl sites for hydroxylation is 1. The molecule has 0 saturated heterocycles. The van der Waals surface area contributed by atoms with Gasteiger partial charge in [-0.25, -0.2) is 8.78 Å². The molecule has 3 aromatic rings. The van der Waals surface area contributed by atoms with Crippen molar-refractivity contribution in [1.82, 2.24) is 15.5 Å². The van der Waals surface area contributed by atoms with Crippen molar-refractivity contribution in [1.29, 1.82) is 0 Å². The molecule has 0 atom stereocenters. The minimum Gasteiger partial charge on any atom is -0.507 e. The molecule has 1 heterocycles. The van der Waals surface area contributed by atoms with Crippen LogP contribution in [-0.2, 0) is 6.42 Å². The predicted octanol–water partition coefficient (Wildman–Crippen LogP) is 3.79. The summed E-state index contributed by atoms with van der Waals surface area (Å²) < 4.78 is 31.7. The van der Waals surface area contributed by atoms with Crippen molar-refractivity contribution >= 4 is 17.5 Å². The number of rotatable bonds is 8. The fourth-order valence-corrected chi connectivity index (χ4v) is 2.83. The molecule has 8 nitrogen and oxygen atoms in total. The molecular formula is C22H22F2N4O4.